The van der Waals surface area contributed by atoms with Gasteiger partial charge in [0, 0.05) is 18.8 Å². The van der Waals surface area contributed by atoms with Crippen LogP contribution in [-0.4, -0.2) is 0 Å². The summed E-state index contributed by atoms with van der Waals surface area (Å²) < 4.78 is 0. The van der Waals surface area contributed by atoms with Crippen molar-refractivity contribution in [2.45, 2.75) is 13.1 Å². The number of hydrogen-bond donors (Lipinski definition) is 2. The highest BCUT2D eigenvalue weighted by atomic mass is 14.8. The molecule has 0 unspecified atom stereocenters. The van der Waals surface area contributed by atoms with E-state index in [2.05, 4.69) is 53.8 Å². The number of nitrogens with two attached hydrogens (primary N) is 1. The van der Waals surface area contributed by atoms with Gasteiger partial charge >= 0.3 is 0 Å². The highest BCUT2D eigenvalue weighted by Crippen LogP contribution is 2.15. The van der Waals surface area contributed by atoms with Crippen LogP contribution in [0.3, 0.4) is 0 Å². The second kappa shape index (κ2) is 5.76. The SMILES string of the molecule is Nc1cccc(CNCc2ccc3ccccc3c2)c1. The summed E-state index contributed by atoms with van der Waals surface area (Å²) >= 11 is 0. The molecule has 0 aliphatic rings. The van der Waals surface area contributed by atoms with Crippen LogP contribution in [-0.2, 0) is 13.1 Å². The summed E-state index contributed by atoms with van der Waals surface area (Å²) in [5.74, 6) is 0. The Morgan fingerprint density at radius 2 is 1.45 bits per heavy atom. The molecule has 0 aromatic heterocycles. The van der Waals surface area contributed by atoms with E-state index in [-0.39, 0.29) is 0 Å². The van der Waals surface area contributed by atoms with E-state index in [0.717, 1.165) is 18.8 Å². The molecule has 3 rings (SSSR count). The Kier molecular flexibility index (Phi) is 3.66. The molecule has 100 valence electrons. The number of fused-ring (bicyclic) bond motifs is 1. The molecule has 3 aromatic carbocycles. The minimum Gasteiger partial charge on any atom is -0.399 e. The molecular weight excluding hydrogens is 244 g/mol. The van der Waals surface area contributed by atoms with Gasteiger partial charge in [0.15, 0.2) is 0 Å². The molecule has 0 atom stereocenters. The van der Waals surface area contributed by atoms with Crippen molar-refractivity contribution in [3.63, 3.8) is 0 Å². The number of nitrogens with one attached hydrogen (secondary N) is 1. The van der Waals surface area contributed by atoms with E-state index < -0.39 is 0 Å². The maximum Gasteiger partial charge on any atom is 0.0317 e. The number of rotatable bonds is 4. The second-order valence-electron chi connectivity index (χ2n) is 5.03. The first-order valence-corrected chi connectivity index (χ1v) is 6.84. The standard InChI is InChI=1S/C18H18N2/c19-18-7-3-4-14(11-18)12-20-13-15-8-9-16-5-1-2-6-17(16)10-15/h1-11,20H,12-13,19H2. The average molecular weight is 262 g/mol. The largest absolute Gasteiger partial charge is 0.399 e. The van der Waals surface area contributed by atoms with Gasteiger partial charge in [-0.15, -0.1) is 0 Å². The number of nitrogen functional groups attached to an aromatic ring is 1. The molecule has 0 heterocycles. The summed E-state index contributed by atoms with van der Waals surface area (Å²) in [7, 11) is 0. The molecule has 0 radical (unpaired) electrons. The van der Waals surface area contributed by atoms with Gasteiger partial charge in [-0.05, 0) is 40.1 Å². The fraction of sp³-hybridized carbons (Fsp3) is 0.111. The van der Waals surface area contributed by atoms with Crippen LogP contribution in [0.2, 0.25) is 0 Å². The number of benzene rings is 3. The highest BCUT2D eigenvalue weighted by molar-refractivity contribution is 5.82. The van der Waals surface area contributed by atoms with Crippen LogP contribution in [0, 0.1) is 0 Å². The maximum absolute atomic E-state index is 5.78. The van der Waals surface area contributed by atoms with Crippen molar-refractivity contribution in [1.82, 2.24) is 5.32 Å². The van der Waals surface area contributed by atoms with Gasteiger partial charge in [0.25, 0.3) is 0 Å². The van der Waals surface area contributed by atoms with E-state index in [1.807, 2.05) is 18.2 Å². The van der Waals surface area contributed by atoms with Crippen LogP contribution in [0.25, 0.3) is 10.8 Å². The molecule has 0 saturated carbocycles. The Hall–Kier alpha value is -2.32. The molecule has 0 aliphatic heterocycles. The van der Waals surface area contributed by atoms with E-state index in [9.17, 15) is 0 Å². The Labute approximate surface area is 119 Å². The zero-order valence-electron chi connectivity index (χ0n) is 11.3. The summed E-state index contributed by atoms with van der Waals surface area (Å²) in [6, 6.07) is 23.0. The quantitative estimate of drug-likeness (QED) is 0.703. The van der Waals surface area contributed by atoms with Gasteiger partial charge in [0.2, 0.25) is 0 Å². The van der Waals surface area contributed by atoms with Crippen LogP contribution in [0.1, 0.15) is 11.1 Å². The summed E-state index contributed by atoms with van der Waals surface area (Å²) in [4.78, 5) is 0. The lowest BCUT2D eigenvalue weighted by atomic mass is 10.1. The molecule has 0 amide bonds. The van der Waals surface area contributed by atoms with Crippen LogP contribution in [0.5, 0.6) is 0 Å². The summed E-state index contributed by atoms with van der Waals surface area (Å²) in [5.41, 5.74) is 9.10. The summed E-state index contributed by atoms with van der Waals surface area (Å²) in [5, 5.41) is 6.03. The smallest absolute Gasteiger partial charge is 0.0317 e. The van der Waals surface area contributed by atoms with Crippen molar-refractivity contribution in [3.8, 4) is 0 Å². The van der Waals surface area contributed by atoms with E-state index in [1.165, 1.54) is 21.9 Å². The highest BCUT2D eigenvalue weighted by Gasteiger charge is 1.97. The summed E-state index contributed by atoms with van der Waals surface area (Å²) in [6.07, 6.45) is 0. The molecule has 3 aromatic rings. The van der Waals surface area contributed by atoms with E-state index in [0.29, 0.717) is 0 Å². The zero-order chi connectivity index (χ0) is 13.8. The van der Waals surface area contributed by atoms with Gasteiger partial charge in [-0.2, -0.15) is 0 Å². The lowest BCUT2D eigenvalue weighted by molar-refractivity contribution is 0.694. The van der Waals surface area contributed by atoms with Gasteiger partial charge in [0.1, 0.15) is 0 Å². The molecule has 0 saturated heterocycles. The van der Waals surface area contributed by atoms with Crippen molar-refractivity contribution in [2.75, 3.05) is 5.73 Å². The molecule has 0 fully saturated rings. The monoisotopic (exact) mass is 262 g/mol. The first-order valence-electron chi connectivity index (χ1n) is 6.84. The predicted octanol–water partition coefficient (Wildman–Crippen LogP) is 3.71. The number of anilines is 1. The fourth-order valence-electron chi connectivity index (χ4n) is 2.40. The Morgan fingerprint density at radius 1 is 0.700 bits per heavy atom. The molecule has 0 bridgehead atoms. The Bertz CT molecular complexity index is 719. The average Bonchev–Trinajstić information content (AvgIpc) is 2.47. The third-order valence-electron chi connectivity index (χ3n) is 3.42. The van der Waals surface area contributed by atoms with Crippen molar-refractivity contribution in [3.05, 3.63) is 77.9 Å². The van der Waals surface area contributed by atoms with Crippen LogP contribution in [0.4, 0.5) is 5.69 Å². The molecule has 0 aliphatic carbocycles. The first kappa shape index (κ1) is 12.7. The molecule has 2 heteroatoms. The van der Waals surface area contributed by atoms with Crippen molar-refractivity contribution >= 4 is 16.5 Å². The van der Waals surface area contributed by atoms with Crippen LogP contribution < -0.4 is 11.1 Å². The van der Waals surface area contributed by atoms with E-state index in [4.69, 9.17) is 5.73 Å². The lowest BCUT2D eigenvalue weighted by Crippen LogP contribution is -2.12. The minimum absolute atomic E-state index is 0.815. The van der Waals surface area contributed by atoms with Crippen molar-refractivity contribution in [2.24, 2.45) is 0 Å². The third-order valence-corrected chi connectivity index (χ3v) is 3.42. The zero-order valence-corrected chi connectivity index (χ0v) is 11.3. The first-order chi connectivity index (χ1) is 9.81. The molecular formula is C18H18N2. The van der Waals surface area contributed by atoms with Crippen molar-refractivity contribution < 1.29 is 0 Å². The van der Waals surface area contributed by atoms with Gasteiger partial charge in [-0.3, -0.25) is 0 Å². The van der Waals surface area contributed by atoms with Gasteiger partial charge in [-0.25, -0.2) is 0 Å². The molecule has 2 nitrogen and oxygen atoms in total. The Morgan fingerprint density at radius 3 is 2.25 bits per heavy atom. The van der Waals surface area contributed by atoms with Gasteiger partial charge < -0.3 is 11.1 Å². The molecule has 20 heavy (non-hydrogen) atoms. The van der Waals surface area contributed by atoms with Gasteiger partial charge in [-0.1, -0.05) is 48.5 Å². The Balaban J connectivity index is 1.65. The fourth-order valence-corrected chi connectivity index (χ4v) is 2.40. The second-order valence-corrected chi connectivity index (χ2v) is 5.03. The maximum atomic E-state index is 5.78. The van der Waals surface area contributed by atoms with E-state index in [1.54, 1.807) is 0 Å². The van der Waals surface area contributed by atoms with Crippen LogP contribution in [0.15, 0.2) is 66.7 Å². The minimum atomic E-state index is 0.815. The number of hydrogen-bond acceptors (Lipinski definition) is 2. The van der Waals surface area contributed by atoms with Crippen LogP contribution >= 0.6 is 0 Å². The third kappa shape index (κ3) is 2.98. The molecule has 3 N–H and O–H groups in total. The summed E-state index contributed by atoms with van der Waals surface area (Å²) in [6.45, 7) is 1.69. The lowest BCUT2D eigenvalue weighted by Gasteiger charge is -2.07. The van der Waals surface area contributed by atoms with Gasteiger partial charge in [0.05, 0.1) is 0 Å². The normalized spacial score (nSPS) is 10.8. The van der Waals surface area contributed by atoms with Crippen molar-refractivity contribution in [1.29, 1.82) is 0 Å². The molecule has 0 spiro atoms. The predicted molar refractivity (Wildman–Crippen MR) is 85.3 cm³/mol. The van der Waals surface area contributed by atoms with E-state index >= 15 is 0 Å². The topological polar surface area (TPSA) is 38.0 Å².